The van der Waals surface area contributed by atoms with Crippen LogP contribution in [0.25, 0.3) is 0 Å². The Bertz CT molecular complexity index is 546. The molecule has 0 aromatic heterocycles. The predicted molar refractivity (Wildman–Crippen MR) is 124 cm³/mol. The average Bonchev–Trinajstić information content (AvgIpc) is 2.79. The summed E-state index contributed by atoms with van der Waals surface area (Å²) in [5.41, 5.74) is 1.56. The molecule has 3 aliphatic rings. The molecule has 156 valence electrons. The summed E-state index contributed by atoms with van der Waals surface area (Å²) in [6, 6.07) is 0. The van der Waals surface area contributed by atoms with Gasteiger partial charge in [0, 0.05) is 0 Å². The van der Waals surface area contributed by atoms with Gasteiger partial charge in [-0.15, -0.1) is 0 Å². The van der Waals surface area contributed by atoms with Crippen molar-refractivity contribution >= 4 is 0 Å². The smallest absolute Gasteiger partial charge is 0.0162 e. The number of allylic oxidation sites excluding steroid dienone is 8. The zero-order chi connectivity index (χ0) is 19.4. The first kappa shape index (κ1) is 21.7. The molecule has 0 nitrogen and oxygen atoms in total. The summed E-state index contributed by atoms with van der Waals surface area (Å²) in [6.07, 6.45) is 37.7. The molecule has 0 bridgehead atoms. The third kappa shape index (κ3) is 7.41. The normalized spacial score (nSPS) is 33.7. The molecule has 28 heavy (non-hydrogen) atoms. The van der Waals surface area contributed by atoms with E-state index in [9.17, 15) is 0 Å². The third-order valence-corrected chi connectivity index (χ3v) is 7.71. The van der Waals surface area contributed by atoms with Crippen LogP contribution in [-0.4, -0.2) is 0 Å². The molecule has 0 amide bonds. The molecule has 0 aliphatic heterocycles. The molecule has 0 N–H and O–H groups in total. The van der Waals surface area contributed by atoms with Crippen molar-refractivity contribution in [1.82, 2.24) is 0 Å². The molecule has 0 heterocycles. The Hall–Kier alpha value is -1.04. The van der Waals surface area contributed by atoms with Crippen LogP contribution < -0.4 is 0 Å². The highest BCUT2D eigenvalue weighted by Gasteiger charge is 2.24. The Morgan fingerprint density at radius 1 is 0.536 bits per heavy atom. The van der Waals surface area contributed by atoms with Crippen molar-refractivity contribution < 1.29 is 0 Å². The van der Waals surface area contributed by atoms with Crippen LogP contribution in [0.1, 0.15) is 103 Å². The van der Waals surface area contributed by atoms with Gasteiger partial charge in [0.15, 0.2) is 0 Å². The Balaban J connectivity index is 1.55. The van der Waals surface area contributed by atoms with Gasteiger partial charge < -0.3 is 0 Å². The molecule has 0 heteroatoms. The Morgan fingerprint density at radius 3 is 1.93 bits per heavy atom. The minimum Gasteiger partial charge on any atom is -0.0625 e. The van der Waals surface area contributed by atoms with Crippen LogP contribution in [0.4, 0.5) is 0 Å². The summed E-state index contributed by atoms with van der Waals surface area (Å²) in [4.78, 5) is 0. The number of hydrogen-bond donors (Lipinski definition) is 0. The van der Waals surface area contributed by atoms with Crippen molar-refractivity contribution in [3.05, 3.63) is 48.1 Å². The van der Waals surface area contributed by atoms with Gasteiger partial charge in [-0.25, -0.2) is 0 Å². The lowest BCUT2D eigenvalue weighted by Crippen LogP contribution is -2.16. The van der Waals surface area contributed by atoms with E-state index in [1.54, 1.807) is 5.57 Å². The summed E-state index contributed by atoms with van der Waals surface area (Å²) < 4.78 is 0. The van der Waals surface area contributed by atoms with Crippen LogP contribution in [-0.2, 0) is 0 Å². The second kappa shape index (κ2) is 12.5. The van der Waals surface area contributed by atoms with Gasteiger partial charge in [-0.1, -0.05) is 133 Å². The Labute approximate surface area is 175 Å². The summed E-state index contributed by atoms with van der Waals surface area (Å²) in [6.45, 7) is 2.49. The van der Waals surface area contributed by atoms with Crippen molar-refractivity contribution in [3.63, 3.8) is 0 Å². The molecule has 3 aliphatic carbocycles. The van der Waals surface area contributed by atoms with Gasteiger partial charge in [0.1, 0.15) is 0 Å². The van der Waals surface area contributed by atoms with E-state index in [2.05, 4.69) is 49.5 Å². The van der Waals surface area contributed by atoms with Crippen molar-refractivity contribution in [2.45, 2.75) is 103 Å². The van der Waals surface area contributed by atoms with Gasteiger partial charge in [0.2, 0.25) is 0 Å². The summed E-state index contributed by atoms with van der Waals surface area (Å²) in [7, 11) is 0. The maximum Gasteiger partial charge on any atom is -0.0162 e. The SMILES string of the molecule is CC1CCCCCC(C2CCCCC(C3=CC=CC=CC=C3)CCC2)CCC1. The van der Waals surface area contributed by atoms with Gasteiger partial charge >= 0.3 is 0 Å². The van der Waals surface area contributed by atoms with E-state index in [0.29, 0.717) is 0 Å². The van der Waals surface area contributed by atoms with Crippen LogP contribution in [0, 0.1) is 23.7 Å². The van der Waals surface area contributed by atoms with Crippen LogP contribution >= 0.6 is 0 Å². The minimum atomic E-state index is 0.774. The Morgan fingerprint density at radius 2 is 1.07 bits per heavy atom. The molecule has 4 atom stereocenters. The second-order valence-corrected chi connectivity index (χ2v) is 9.90. The summed E-state index contributed by atoms with van der Waals surface area (Å²) in [5, 5.41) is 0. The van der Waals surface area contributed by atoms with Crippen LogP contribution in [0.2, 0.25) is 0 Å². The molecule has 3 rings (SSSR count). The molecular weight excluding hydrogens is 336 g/mol. The van der Waals surface area contributed by atoms with E-state index in [4.69, 9.17) is 0 Å². The molecule has 0 saturated heterocycles. The van der Waals surface area contributed by atoms with E-state index in [0.717, 1.165) is 23.7 Å². The fraction of sp³-hybridized carbons (Fsp3) is 0.714. The van der Waals surface area contributed by atoms with Crippen LogP contribution in [0.5, 0.6) is 0 Å². The standard InChI is InChI=1S/C28H44/c1-24-14-6-5-9-18-26(21-12-15-24)28-20-11-10-19-27(22-13-23-28)25-16-7-3-2-4-8-17-25/h2-4,7-8,16-17,24,26-28H,5-6,9-15,18-23H2,1H3. The maximum atomic E-state index is 2.49. The summed E-state index contributed by atoms with van der Waals surface area (Å²) in [5.74, 6) is 3.78. The van der Waals surface area contributed by atoms with E-state index in [1.807, 2.05) is 0 Å². The van der Waals surface area contributed by atoms with Gasteiger partial charge in [0.25, 0.3) is 0 Å². The van der Waals surface area contributed by atoms with Gasteiger partial charge in [-0.05, 0) is 42.1 Å². The van der Waals surface area contributed by atoms with Crippen molar-refractivity contribution in [1.29, 1.82) is 0 Å². The largest absolute Gasteiger partial charge is 0.0625 e. The van der Waals surface area contributed by atoms with Crippen molar-refractivity contribution in [2.24, 2.45) is 23.7 Å². The zero-order valence-electron chi connectivity index (χ0n) is 18.5. The molecule has 0 aromatic carbocycles. The molecular formula is C28H44. The van der Waals surface area contributed by atoms with E-state index in [-0.39, 0.29) is 0 Å². The lowest BCUT2D eigenvalue weighted by Gasteiger charge is -2.29. The first-order valence-corrected chi connectivity index (χ1v) is 12.5. The lowest BCUT2D eigenvalue weighted by atomic mass is 9.77. The third-order valence-electron chi connectivity index (χ3n) is 7.71. The van der Waals surface area contributed by atoms with Crippen molar-refractivity contribution in [3.8, 4) is 0 Å². The maximum absolute atomic E-state index is 2.49. The second-order valence-electron chi connectivity index (χ2n) is 9.90. The first-order valence-electron chi connectivity index (χ1n) is 12.5. The molecule has 0 aromatic rings. The zero-order valence-corrected chi connectivity index (χ0v) is 18.5. The van der Waals surface area contributed by atoms with Crippen LogP contribution in [0.3, 0.4) is 0 Å². The molecule has 4 unspecified atom stereocenters. The highest BCUT2D eigenvalue weighted by Crippen LogP contribution is 2.37. The summed E-state index contributed by atoms with van der Waals surface area (Å²) >= 11 is 0. The topological polar surface area (TPSA) is 0 Å². The predicted octanol–water partition coefficient (Wildman–Crippen LogP) is 8.96. The molecule has 2 fully saturated rings. The van der Waals surface area contributed by atoms with E-state index in [1.165, 1.54) is 96.3 Å². The quantitative estimate of drug-likeness (QED) is 0.448. The highest BCUT2D eigenvalue weighted by molar-refractivity contribution is 5.32. The monoisotopic (exact) mass is 380 g/mol. The average molecular weight is 381 g/mol. The molecule has 0 spiro atoms. The fourth-order valence-electron chi connectivity index (χ4n) is 5.94. The van der Waals surface area contributed by atoms with E-state index >= 15 is 0 Å². The van der Waals surface area contributed by atoms with Gasteiger partial charge in [0.05, 0.1) is 0 Å². The Kier molecular flexibility index (Phi) is 9.68. The van der Waals surface area contributed by atoms with Gasteiger partial charge in [-0.3, -0.25) is 0 Å². The molecule has 2 saturated carbocycles. The lowest BCUT2D eigenvalue weighted by molar-refractivity contribution is 0.231. The number of rotatable bonds is 2. The fourth-order valence-corrected chi connectivity index (χ4v) is 5.94. The number of hydrogen-bond acceptors (Lipinski definition) is 0. The molecule has 0 radical (unpaired) electrons. The van der Waals surface area contributed by atoms with Gasteiger partial charge in [-0.2, -0.15) is 0 Å². The highest BCUT2D eigenvalue weighted by atomic mass is 14.3. The van der Waals surface area contributed by atoms with Crippen molar-refractivity contribution in [2.75, 3.05) is 0 Å². The van der Waals surface area contributed by atoms with Crippen LogP contribution in [0.15, 0.2) is 48.1 Å². The minimum absolute atomic E-state index is 0.774. The first-order chi connectivity index (χ1) is 13.8. The van der Waals surface area contributed by atoms with E-state index < -0.39 is 0 Å².